The van der Waals surface area contributed by atoms with Crippen LogP contribution in [0.2, 0.25) is 0 Å². The standard InChI is InChI=1S/C26H30N4O2/c1-18(2)11-14-30-15-12-23(13-16-30)27-24(31)20-7-9-21(10-8-20)25-28-29-26(32-25)22-6-4-5-19(3)17-22/h4-11,17,23H,12-16H2,1-3H3,(H,27,31). The van der Waals surface area contributed by atoms with Crippen molar-refractivity contribution in [2.45, 2.75) is 39.7 Å². The fourth-order valence-electron chi connectivity index (χ4n) is 3.84. The second-order valence-electron chi connectivity index (χ2n) is 8.69. The number of rotatable bonds is 6. The minimum absolute atomic E-state index is 0.0368. The molecule has 1 aliphatic rings. The molecule has 3 aromatic rings. The number of benzene rings is 2. The number of carbonyl (C=O) groups excluding carboxylic acids is 1. The van der Waals surface area contributed by atoms with Gasteiger partial charge < -0.3 is 9.73 Å². The molecule has 0 bridgehead atoms. The van der Waals surface area contributed by atoms with Crippen LogP contribution < -0.4 is 5.32 Å². The van der Waals surface area contributed by atoms with E-state index in [0.717, 1.165) is 49.2 Å². The second-order valence-corrected chi connectivity index (χ2v) is 8.69. The summed E-state index contributed by atoms with van der Waals surface area (Å²) in [5.74, 6) is 0.893. The van der Waals surface area contributed by atoms with E-state index in [0.29, 0.717) is 17.3 Å². The molecular weight excluding hydrogens is 400 g/mol. The van der Waals surface area contributed by atoms with Crippen LogP contribution in [0.5, 0.6) is 0 Å². The molecule has 32 heavy (non-hydrogen) atoms. The lowest BCUT2D eigenvalue weighted by molar-refractivity contribution is 0.0914. The zero-order valence-electron chi connectivity index (χ0n) is 19.0. The van der Waals surface area contributed by atoms with Crippen molar-refractivity contribution in [2.75, 3.05) is 19.6 Å². The summed E-state index contributed by atoms with van der Waals surface area (Å²) in [6, 6.07) is 15.5. The van der Waals surface area contributed by atoms with Gasteiger partial charge in [-0.2, -0.15) is 0 Å². The lowest BCUT2D eigenvalue weighted by Gasteiger charge is -2.31. The van der Waals surface area contributed by atoms with Gasteiger partial charge in [0, 0.05) is 42.4 Å². The molecule has 1 N–H and O–H groups in total. The summed E-state index contributed by atoms with van der Waals surface area (Å²) in [4.78, 5) is 15.1. The van der Waals surface area contributed by atoms with E-state index in [2.05, 4.69) is 40.3 Å². The number of piperidine rings is 1. The molecule has 4 rings (SSSR count). The van der Waals surface area contributed by atoms with Gasteiger partial charge in [-0.3, -0.25) is 9.69 Å². The van der Waals surface area contributed by atoms with Crippen LogP contribution in [0, 0.1) is 6.92 Å². The van der Waals surface area contributed by atoms with Crippen LogP contribution in [-0.4, -0.2) is 46.7 Å². The Morgan fingerprint density at radius 3 is 2.41 bits per heavy atom. The van der Waals surface area contributed by atoms with Gasteiger partial charge in [0.15, 0.2) is 0 Å². The first-order chi connectivity index (χ1) is 15.5. The number of hydrogen-bond donors (Lipinski definition) is 1. The fraction of sp³-hybridized carbons (Fsp3) is 0.346. The summed E-state index contributed by atoms with van der Waals surface area (Å²) in [5, 5.41) is 11.5. The normalized spacial score (nSPS) is 14.8. The largest absolute Gasteiger partial charge is 0.416 e. The highest BCUT2D eigenvalue weighted by atomic mass is 16.4. The summed E-state index contributed by atoms with van der Waals surface area (Å²) >= 11 is 0. The topological polar surface area (TPSA) is 71.3 Å². The Morgan fingerprint density at radius 1 is 1.06 bits per heavy atom. The molecule has 2 heterocycles. The van der Waals surface area contributed by atoms with Crippen LogP contribution in [0.25, 0.3) is 22.9 Å². The second kappa shape index (κ2) is 9.92. The summed E-state index contributed by atoms with van der Waals surface area (Å²) in [6.07, 6.45) is 4.21. The van der Waals surface area contributed by atoms with E-state index in [4.69, 9.17) is 4.42 Å². The average Bonchev–Trinajstić information content (AvgIpc) is 3.29. The minimum Gasteiger partial charge on any atom is -0.416 e. The Bertz CT molecular complexity index is 1090. The smallest absolute Gasteiger partial charge is 0.251 e. The first-order valence-corrected chi connectivity index (χ1v) is 11.2. The number of allylic oxidation sites excluding steroid dienone is 1. The molecule has 1 aromatic heterocycles. The SMILES string of the molecule is CC(C)=CCN1CCC(NC(=O)c2ccc(-c3nnc(-c4cccc(C)c4)o3)cc2)CC1. The quantitative estimate of drug-likeness (QED) is 0.565. The molecule has 0 saturated carbocycles. The van der Waals surface area contributed by atoms with Gasteiger partial charge in [-0.1, -0.05) is 29.3 Å². The molecule has 0 spiro atoms. The maximum Gasteiger partial charge on any atom is 0.251 e. The van der Waals surface area contributed by atoms with Crippen molar-refractivity contribution < 1.29 is 9.21 Å². The molecule has 1 amide bonds. The van der Waals surface area contributed by atoms with Crippen LogP contribution in [0.1, 0.15) is 42.6 Å². The van der Waals surface area contributed by atoms with Gasteiger partial charge in [0.25, 0.3) is 5.91 Å². The first kappa shape index (κ1) is 22.0. The molecule has 0 atom stereocenters. The van der Waals surface area contributed by atoms with Crippen LogP contribution in [-0.2, 0) is 0 Å². The predicted octanol–water partition coefficient (Wildman–Crippen LogP) is 4.87. The third-order valence-electron chi connectivity index (χ3n) is 5.76. The monoisotopic (exact) mass is 430 g/mol. The summed E-state index contributed by atoms with van der Waals surface area (Å²) in [6.45, 7) is 9.28. The maximum absolute atomic E-state index is 12.7. The van der Waals surface area contributed by atoms with Crippen molar-refractivity contribution in [1.29, 1.82) is 0 Å². The third-order valence-corrected chi connectivity index (χ3v) is 5.76. The minimum atomic E-state index is -0.0368. The summed E-state index contributed by atoms with van der Waals surface area (Å²) in [5.41, 5.74) is 4.80. The number of hydrogen-bond acceptors (Lipinski definition) is 5. The van der Waals surface area contributed by atoms with E-state index < -0.39 is 0 Å². The Labute approximate surface area is 189 Å². The molecular formula is C26H30N4O2. The maximum atomic E-state index is 12.7. The van der Waals surface area contributed by atoms with Crippen LogP contribution in [0.3, 0.4) is 0 Å². The van der Waals surface area contributed by atoms with E-state index in [1.165, 1.54) is 5.57 Å². The van der Waals surface area contributed by atoms with E-state index >= 15 is 0 Å². The van der Waals surface area contributed by atoms with Crippen molar-refractivity contribution in [1.82, 2.24) is 20.4 Å². The van der Waals surface area contributed by atoms with Crippen molar-refractivity contribution in [3.8, 4) is 22.9 Å². The lowest BCUT2D eigenvalue weighted by Crippen LogP contribution is -2.44. The molecule has 0 unspecified atom stereocenters. The zero-order valence-corrected chi connectivity index (χ0v) is 19.0. The zero-order chi connectivity index (χ0) is 22.5. The molecule has 1 aliphatic heterocycles. The lowest BCUT2D eigenvalue weighted by atomic mass is 10.0. The van der Waals surface area contributed by atoms with Crippen LogP contribution >= 0.6 is 0 Å². The number of nitrogens with zero attached hydrogens (tertiary/aromatic N) is 3. The Hall–Kier alpha value is -3.25. The molecule has 1 saturated heterocycles. The molecule has 6 heteroatoms. The summed E-state index contributed by atoms with van der Waals surface area (Å²) in [7, 11) is 0. The van der Waals surface area contributed by atoms with Crippen molar-refractivity contribution in [2.24, 2.45) is 0 Å². The fourth-order valence-corrected chi connectivity index (χ4v) is 3.84. The van der Waals surface area contributed by atoms with E-state index in [1.807, 2.05) is 55.5 Å². The van der Waals surface area contributed by atoms with Crippen molar-refractivity contribution in [3.63, 3.8) is 0 Å². The molecule has 2 aromatic carbocycles. The van der Waals surface area contributed by atoms with Gasteiger partial charge >= 0.3 is 0 Å². The van der Waals surface area contributed by atoms with Gasteiger partial charge in [0.2, 0.25) is 11.8 Å². The number of nitrogens with one attached hydrogen (secondary N) is 1. The third kappa shape index (κ3) is 5.51. The molecule has 0 radical (unpaired) electrons. The highest BCUT2D eigenvalue weighted by Gasteiger charge is 2.21. The highest BCUT2D eigenvalue weighted by Crippen LogP contribution is 2.24. The number of likely N-dealkylation sites (tertiary alicyclic amines) is 1. The van der Waals surface area contributed by atoms with Gasteiger partial charge in [0.05, 0.1) is 0 Å². The number of aryl methyl sites for hydroxylation is 1. The van der Waals surface area contributed by atoms with Gasteiger partial charge in [0.1, 0.15) is 0 Å². The van der Waals surface area contributed by atoms with Crippen LogP contribution in [0.4, 0.5) is 0 Å². The van der Waals surface area contributed by atoms with Crippen molar-refractivity contribution >= 4 is 5.91 Å². The number of aromatic nitrogens is 2. The molecule has 6 nitrogen and oxygen atoms in total. The van der Waals surface area contributed by atoms with Gasteiger partial charge in [-0.25, -0.2) is 0 Å². The van der Waals surface area contributed by atoms with Gasteiger partial charge in [-0.15, -0.1) is 10.2 Å². The van der Waals surface area contributed by atoms with E-state index in [-0.39, 0.29) is 11.9 Å². The van der Waals surface area contributed by atoms with Gasteiger partial charge in [-0.05, 0) is 70.0 Å². The predicted molar refractivity (Wildman–Crippen MR) is 126 cm³/mol. The Balaban J connectivity index is 1.34. The first-order valence-electron chi connectivity index (χ1n) is 11.2. The number of amides is 1. The molecule has 0 aliphatic carbocycles. The summed E-state index contributed by atoms with van der Waals surface area (Å²) < 4.78 is 5.85. The average molecular weight is 431 g/mol. The number of carbonyl (C=O) groups is 1. The van der Waals surface area contributed by atoms with Crippen molar-refractivity contribution in [3.05, 3.63) is 71.3 Å². The molecule has 166 valence electrons. The van der Waals surface area contributed by atoms with E-state index in [9.17, 15) is 4.79 Å². The highest BCUT2D eigenvalue weighted by molar-refractivity contribution is 5.94. The Morgan fingerprint density at radius 2 is 1.75 bits per heavy atom. The van der Waals surface area contributed by atoms with Crippen LogP contribution in [0.15, 0.2) is 64.6 Å². The van der Waals surface area contributed by atoms with E-state index in [1.54, 1.807) is 0 Å². The Kier molecular flexibility index (Phi) is 6.81. The molecule has 1 fully saturated rings.